The molecule has 66 valence electrons. The Balaban J connectivity index is 0.00000121. The largest absolute Gasteiger partial charge is 3.00 e. The van der Waals surface area contributed by atoms with Gasteiger partial charge in [0.05, 0.1) is 10.0 Å². The Labute approximate surface area is 94.2 Å². The van der Waals surface area contributed by atoms with Crippen LogP contribution < -0.4 is 0 Å². The molecule has 0 fully saturated rings. The minimum atomic E-state index is -1.18. The molecule has 1 aromatic heterocycles. The first-order valence-corrected chi connectivity index (χ1v) is 3.42. The molecular weight excluding hydrogens is 386 g/mol. The quantitative estimate of drug-likeness (QED) is 0.749. The topological polar surface area (TPSA) is 50.2 Å². The standard InChI is InChI=1S/C6H3Cl2NO2.Au/c7-3-1-2-9-5(4(3)8)6(10)11;/h1-2H,(H,10,11);/q;+3. The van der Waals surface area contributed by atoms with Crippen LogP contribution in [0.1, 0.15) is 10.5 Å². The van der Waals surface area contributed by atoms with Crippen molar-refractivity contribution in [3.05, 3.63) is 28.0 Å². The van der Waals surface area contributed by atoms with Gasteiger partial charge in [0.1, 0.15) is 0 Å². The fraction of sp³-hybridized carbons (Fsp3) is 0. The molecular formula is C6H3AuCl2NO2+3. The molecule has 1 heterocycles. The number of hydrogen-bond donors (Lipinski definition) is 1. The minimum absolute atomic E-state index is 0. The van der Waals surface area contributed by atoms with Crippen LogP contribution in [0.3, 0.4) is 0 Å². The van der Waals surface area contributed by atoms with E-state index < -0.39 is 5.97 Å². The minimum Gasteiger partial charge on any atom is -0.476 e. The number of carbonyl (C=O) groups is 1. The average Bonchev–Trinajstić information content (AvgIpc) is 1.94. The third-order valence-electron chi connectivity index (χ3n) is 1.04. The summed E-state index contributed by atoms with van der Waals surface area (Å²) < 4.78 is 0. The van der Waals surface area contributed by atoms with Crippen molar-refractivity contribution in [2.75, 3.05) is 0 Å². The predicted molar refractivity (Wildman–Crippen MR) is 41.2 cm³/mol. The molecule has 0 amide bonds. The molecule has 0 aromatic carbocycles. The van der Waals surface area contributed by atoms with Gasteiger partial charge in [-0.2, -0.15) is 0 Å². The molecule has 1 N–H and O–H groups in total. The van der Waals surface area contributed by atoms with Crippen molar-refractivity contribution in [1.82, 2.24) is 4.98 Å². The molecule has 1 aromatic rings. The van der Waals surface area contributed by atoms with Gasteiger partial charge in [0.15, 0.2) is 5.69 Å². The maximum Gasteiger partial charge on any atom is 3.00 e. The number of aromatic carboxylic acids is 1. The summed E-state index contributed by atoms with van der Waals surface area (Å²) in [5.74, 6) is -1.18. The Hall–Kier alpha value is -0.0597. The van der Waals surface area contributed by atoms with Gasteiger partial charge in [-0.1, -0.05) is 23.2 Å². The molecule has 0 spiro atoms. The van der Waals surface area contributed by atoms with Gasteiger partial charge in [-0.3, -0.25) is 0 Å². The van der Waals surface area contributed by atoms with Crippen molar-refractivity contribution in [3.63, 3.8) is 0 Å². The Morgan fingerprint density at radius 2 is 2.08 bits per heavy atom. The second kappa shape index (κ2) is 4.84. The monoisotopic (exact) mass is 388 g/mol. The summed E-state index contributed by atoms with van der Waals surface area (Å²) >= 11 is 11.0. The number of rotatable bonds is 1. The van der Waals surface area contributed by atoms with Gasteiger partial charge in [-0.25, -0.2) is 9.78 Å². The van der Waals surface area contributed by atoms with Gasteiger partial charge in [-0.15, -0.1) is 0 Å². The number of pyridine rings is 1. The van der Waals surface area contributed by atoms with Gasteiger partial charge in [0, 0.05) is 6.20 Å². The van der Waals surface area contributed by atoms with E-state index in [0.717, 1.165) is 0 Å². The van der Waals surface area contributed by atoms with Crippen LogP contribution >= 0.6 is 23.2 Å². The predicted octanol–water partition coefficient (Wildman–Crippen LogP) is 2.08. The van der Waals surface area contributed by atoms with Crippen molar-refractivity contribution in [2.45, 2.75) is 0 Å². The summed E-state index contributed by atoms with van der Waals surface area (Å²) in [5, 5.41) is 8.65. The molecule has 0 aliphatic rings. The van der Waals surface area contributed by atoms with Crippen LogP contribution in [0, 0.1) is 0 Å². The Morgan fingerprint density at radius 3 is 2.50 bits per heavy atom. The molecule has 1 rings (SSSR count). The van der Waals surface area contributed by atoms with Crippen LogP contribution in [-0.4, -0.2) is 16.1 Å². The van der Waals surface area contributed by atoms with Crippen LogP contribution in [0.2, 0.25) is 10.0 Å². The third-order valence-corrected chi connectivity index (χ3v) is 1.84. The molecule has 0 radical (unpaired) electrons. The molecule has 0 aliphatic heterocycles. The zero-order valence-electron chi connectivity index (χ0n) is 5.51. The van der Waals surface area contributed by atoms with E-state index in [-0.39, 0.29) is 38.1 Å². The van der Waals surface area contributed by atoms with E-state index in [1.165, 1.54) is 12.3 Å². The van der Waals surface area contributed by atoms with Gasteiger partial charge in [0.25, 0.3) is 0 Å². The number of carboxylic acid groups (broad SMARTS) is 1. The number of carboxylic acids is 1. The van der Waals surface area contributed by atoms with Crippen molar-refractivity contribution >= 4 is 29.2 Å². The molecule has 12 heavy (non-hydrogen) atoms. The molecule has 3 nitrogen and oxygen atoms in total. The first-order chi connectivity index (χ1) is 5.13. The summed E-state index contributed by atoms with van der Waals surface area (Å²) in [6.45, 7) is 0. The zero-order chi connectivity index (χ0) is 8.43. The van der Waals surface area contributed by atoms with E-state index in [4.69, 9.17) is 28.3 Å². The smallest absolute Gasteiger partial charge is 0.476 e. The number of nitrogens with zero attached hydrogens (tertiary/aromatic N) is 1. The summed E-state index contributed by atoms with van der Waals surface area (Å²) in [5.41, 5.74) is -0.223. The first-order valence-electron chi connectivity index (χ1n) is 2.66. The Kier molecular flexibility index (Phi) is 4.82. The molecule has 0 unspecified atom stereocenters. The van der Waals surface area contributed by atoms with Crippen LogP contribution in [0.25, 0.3) is 0 Å². The molecule has 0 saturated heterocycles. The molecule has 6 heteroatoms. The summed E-state index contributed by atoms with van der Waals surface area (Å²) in [4.78, 5) is 13.9. The van der Waals surface area contributed by atoms with E-state index in [9.17, 15) is 4.79 Å². The van der Waals surface area contributed by atoms with E-state index in [1.54, 1.807) is 0 Å². The summed E-state index contributed by atoms with van der Waals surface area (Å²) in [6.07, 6.45) is 1.29. The summed E-state index contributed by atoms with van der Waals surface area (Å²) in [7, 11) is 0. The van der Waals surface area contributed by atoms with Crippen molar-refractivity contribution in [1.29, 1.82) is 0 Å². The molecule has 0 saturated carbocycles. The van der Waals surface area contributed by atoms with E-state index in [1.807, 2.05) is 0 Å². The Morgan fingerprint density at radius 1 is 1.50 bits per heavy atom. The van der Waals surface area contributed by atoms with Crippen molar-refractivity contribution in [3.8, 4) is 0 Å². The van der Waals surface area contributed by atoms with Crippen LogP contribution in [0.4, 0.5) is 0 Å². The fourth-order valence-corrected chi connectivity index (χ4v) is 0.908. The second-order valence-corrected chi connectivity index (χ2v) is 2.55. The number of aromatic nitrogens is 1. The van der Waals surface area contributed by atoms with Crippen LogP contribution in [0.5, 0.6) is 0 Å². The van der Waals surface area contributed by atoms with Gasteiger partial charge >= 0.3 is 28.3 Å². The van der Waals surface area contributed by atoms with Crippen LogP contribution in [-0.2, 0) is 22.4 Å². The average molecular weight is 389 g/mol. The van der Waals surface area contributed by atoms with E-state index >= 15 is 0 Å². The third kappa shape index (κ3) is 2.47. The molecule has 0 bridgehead atoms. The number of hydrogen-bond acceptors (Lipinski definition) is 2. The number of halogens is 2. The van der Waals surface area contributed by atoms with Gasteiger partial charge in [0.2, 0.25) is 0 Å². The summed E-state index contributed by atoms with van der Waals surface area (Å²) in [6, 6.07) is 1.43. The SMILES string of the molecule is O=C(O)c1nccc(Cl)c1Cl.[Au+3]. The van der Waals surface area contributed by atoms with Crippen molar-refractivity contribution in [2.24, 2.45) is 0 Å². The Bertz CT molecular complexity index is 306. The maximum absolute atomic E-state index is 10.4. The van der Waals surface area contributed by atoms with Gasteiger partial charge in [-0.05, 0) is 6.07 Å². The normalized spacial score (nSPS) is 8.83. The fourth-order valence-electron chi connectivity index (χ4n) is 0.569. The molecule has 0 atom stereocenters. The van der Waals surface area contributed by atoms with Crippen molar-refractivity contribution < 1.29 is 32.3 Å². The molecule has 0 aliphatic carbocycles. The van der Waals surface area contributed by atoms with E-state index in [2.05, 4.69) is 4.98 Å². The van der Waals surface area contributed by atoms with Crippen LogP contribution in [0.15, 0.2) is 12.3 Å². The van der Waals surface area contributed by atoms with Gasteiger partial charge < -0.3 is 5.11 Å². The second-order valence-electron chi connectivity index (χ2n) is 1.76. The van der Waals surface area contributed by atoms with E-state index in [0.29, 0.717) is 0 Å². The first kappa shape index (κ1) is 11.9. The maximum atomic E-state index is 10.4. The zero-order valence-corrected chi connectivity index (χ0v) is 9.19.